The smallest absolute Gasteiger partial charge is 0.878 e. The third-order valence-corrected chi connectivity index (χ3v) is 1.20. The summed E-state index contributed by atoms with van der Waals surface area (Å²) in [6.45, 7) is 0. The van der Waals surface area contributed by atoms with Crippen LogP contribution in [0.5, 0.6) is 0 Å². The molecule has 5 heteroatoms. The molecule has 0 bridgehead atoms. The van der Waals surface area contributed by atoms with E-state index in [0.29, 0.717) is 6.26 Å². The molecule has 0 atom stereocenters. The van der Waals surface area contributed by atoms with Crippen LogP contribution in [0.25, 0.3) is 0 Å². The van der Waals surface area contributed by atoms with Gasteiger partial charge in [-0.15, -0.1) is 6.26 Å². The van der Waals surface area contributed by atoms with Gasteiger partial charge in [0.25, 0.3) is 0 Å². The topological polar surface area (TPSA) is 53.0 Å². The molecule has 0 aliphatic heterocycles. The van der Waals surface area contributed by atoms with Gasteiger partial charge in [0.05, 0.1) is 6.20 Å². The monoisotopic (exact) mass is 189 g/mol. The fourth-order valence-corrected chi connectivity index (χ4v) is 0.669. The Hall–Kier alpha value is -0.710. The summed E-state index contributed by atoms with van der Waals surface area (Å²) in [6, 6.07) is 2.33. The molecule has 1 aromatic rings. The van der Waals surface area contributed by atoms with Gasteiger partial charge in [0, 0.05) is 0 Å². The van der Waals surface area contributed by atoms with E-state index in [9.17, 15) is 14.3 Å². The van der Waals surface area contributed by atoms with Crippen molar-refractivity contribution < 1.29 is 43.8 Å². The summed E-state index contributed by atoms with van der Waals surface area (Å²) < 4.78 is 12.3. The summed E-state index contributed by atoms with van der Waals surface area (Å²) in [5.74, 6) is -1.04. The molecular formula is C8H5FNNaO2. The molecule has 0 radical (unpaired) electrons. The maximum atomic E-state index is 12.3. The first-order valence-electron chi connectivity index (χ1n) is 3.18. The van der Waals surface area contributed by atoms with Crippen molar-refractivity contribution in [3.05, 3.63) is 42.2 Å². The van der Waals surface area contributed by atoms with Crippen molar-refractivity contribution in [3.63, 3.8) is 0 Å². The zero-order valence-corrected chi connectivity index (χ0v) is 9.03. The molecule has 0 fully saturated rings. The molecule has 0 spiro atoms. The second-order valence-corrected chi connectivity index (χ2v) is 2.03. The third kappa shape index (κ3) is 3.67. The Morgan fingerprint density at radius 2 is 2.23 bits per heavy atom. The van der Waals surface area contributed by atoms with Gasteiger partial charge in [-0.2, -0.15) is 0 Å². The van der Waals surface area contributed by atoms with Crippen LogP contribution in [-0.4, -0.2) is 10.8 Å². The molecule has 62 valence electrons. The van der Waals surface area contributed by atoms with Gasteiger partial charge in [-0.1, -0.05) is 0 Å². The van der Waals surface area contributed by atoms with Crippen molar-refractivity contribution in [1.82, 2.24) is 4.98 Å². The molecular weight excluding hydrogens is 184 g/mol. The van der Waals surface area contributed by atoms with Gasteiger partial charge in [-0.3, -0.25) is 4.79 Å². The maximum Gasteiger partial charge on any atom is 1.00 e. The standard InChI is InChI=1S/C8H6FNO2.Na/c9-6-1-2-7(10-5-6)8(12)3-4-11;/h1-5,11H;/q;+1/p-1/b4-3+;. The van der Waals surface area contributed by atoms with E-state index >= 15 is 0 Å². The molecule has 1 rings (SSSR count). The van der Waals surface area contributed by atoms with E-state index in [2.05, 4.69) is 4.98 Å². The van der Waals surface area contributed by atoms with E-state index in [-0.39, 0.29) is 35.3 Å². The van der Waals surface area contributed by atoms with Crippen LogP contribution in [0, 0.1) is 5.82 Å². The number of carbonyl (C=O) groups excluding carboxylic acids is 1. The van der Waals surface area contributed by atoms with Crippen molar-refractivity contribution in [2.45, 2.75) is 0 Å². The van der Waals surface area contributed by atoms with Crippen LogP contribution in [0.3, 0.4) is 0 Å². The van der Waals surface area contributed by atoms with Crippen LogP contribution in [0.1, 0.15) is 10.5 Å². The molecule has 0 unspecified atom stereocenters. The van der Waals surface area contributed by atoms with Crippen LogP contribution in [-0.2, 0) is 0 Å². The average Bonchev–Trinajstić information content (AvgIpc) is 2.06. The van der Waals surface area contributed by atoms with E-state index in [4.69, 9.17) is 0 Å². The Labute approximate surface area is 96.6 Å². The SMILES string of the molecule is O=C(/C=C/[O-])c1ccc(F)cn1.[Na+]. The van der Waals surface area contributed by atoms with Crippen molar-refractivity contribution in [1.29, 1.82) is 0 Å². The summed E-state index contributed by atoms with van der Waals surface area (Å²) in [7, 11) is 0. The molecule has 13 heavy (non-hydrogen) atoms. The molecule has 3 nitrogen and oxygen atoms in total. The van der Waals surface area contributed by atoms with Crippen LogP contribution < -0.4 is 34.7 Å². The second kappa shape index (κ2) is 5.85. The van der Waals surface area contributed by atoms with Crippen LogP contribution in [0.4, 0.5) is 4.39 Å². The van der Waals surface area contributed by atoms with Crippen LogP contribution in [0.15, 0.2) is 30.7 Å². The first-order chi connectivity index (χ1) is 5.74. The van der Waals surface area contributed by atoms with Crippen molar-refractivity contribution in [2.75, 3.05) is 0 Å². The first-order valence-corrected chi connectivity index (χ1v) is 3.18. The number of pyridine rings is 1. The number of halogens is 1. The number of nitrogens with zero attached hydrogens (tertiary/aromatic N) is 1. The molecule has 0 saturated carbocycles. The van der Waals surface area contributed by atoms with Crippen molar-refractivity contribution >= 4 is 5.78 Å². The molecule has 0 N–H and O–H groups in total. The molecule has 0 aliphatic carbocycles. The molecule has 0 aliphatic rings. The summed E-state index contributed by atoms with van der Waals surface area (Å²) in [5, 5.41) is 9.88. The largest absolute Gasteiger partial charge is 1.00 e. The number of ketones is 1. The fraction of sp³-hybridized carbons (Fsp3) is 0. The second-order valence-electron chi connectivity index (χ2n) is 2.03. The van der Waals surface area contributed by atoms with E-state index in [1.807, 2.05) is 0 Å². The Kier molecular flexibility index (Phi) is 5.53. The summed E-state index contributed by atoms with van der Waals surface area (Å²) in [4.78, 5) is 14.4. The molecule has 0 aromatic carbocycles. The van der Waals surface area contributed by atoms with E-state index < -0.39 is 11.6 Å². The number of hydrogen-bond acceptors (Lipinski definition) is 3. The Bertz CT molecular complexity index is 310. The zero-order valence-electron chi connectivity index (χ0n) is 7.03. The van der Waals surface area contributed by atoms with Gasteiger partial charge in [0.15, 0.2) is 0 Å². The molecule has 1 aromatic heterocycles. The number of carbonyl (C=O) groups is 1. The summed E-state index contributed by atoms with van der Waals surface area (Å²) in [5.41, 5.74) is 0.0588. The van der Waals surface area contributed by atoms with E-state index in [0.717, 1.165) is 18.3 Å². The molecule has 0 saturated heterocycles. The number of hydrogen-bond donors (Lipinski definition) is 0. The number of allylic oxidation sites excluding steroid dienone is 1. The Morgan fingerprint density at radius 3 is 2.69 bits per heavy atom. The predicted octanol–water partition coefficient (Wildman–Crippen LogP) is -2.72. The van der Waals surface area contributed by atoms with Crippen LogP contribution in [0.2, 0.25) is 0 Å². The number of aromatic nitrogens is 1. The van der Waals surface area contributed by atoms with Crippen molar-refractivity contribution in [3.8, 4) is 0 Å². The Balaban J connectivity index is 0.00000144. The van der Waals surface area contributed by atoms with Crippen molar-refractivity contribution in [2.24, 2.45) is 0 Å². The van der Waals surface area contributed by atoms with Crippen LogP contribution >= 0.6 is 0 Å². The first kappa shape index (κ1) is 12.3. The maximum absolute atomic E-state index is 12.3. The molecule has 1 heterocycles. The normalized spacial score (nSPS) is 9.62. The quantitative estimate of drug-likeness (QED) is 0.220. The van der Waals surface area contributed by atoms with Gasteiger partial charge >= 0.3 is 29.6 Å². The van der Waals surface area contributed by atoms with Gasteiger partial charge in [0.1, 0.15) is 11.5 Å². The summed E-state index contributed by atoms with van der Waals surface area (Å²) in [6.07, 6.45) is 2.12. The molecule has 0 amide bonds. The fourth-order valence-electron chi connectivity index (χ4n) is 0.669. The van der Waals surface area contributed by atoms with E-state index in [1.54, 1.807) is 0 Å². The predicted molar refractivity (Wildman–Crippen MR) is 37.7 cm³/mol. The van der Waals surface area contributed by atoms with E-state index in [1.165, 1.54) is 6.07 Å². The van der Waals surface area contributed by atoms with Gasteiger partial charge in [0.2, 0.25) is 5.78 Å². The number of rotatable bonds is 2. The van der Waals surface area contributed by atoms with Gasteiger partial charge < -0.3 is 5.11 Å². The Morgan fingerprint density at radius 1 is 1.54 bits per heavy atom. The van der Waals surface area contributed by atoms with Gasteiger partial charge in [-0.05, 0) is 18.2 Å². The minimum absolute atomic E-state index is 0. The summed E-state index contributed by atoms with van der Waals surface area (Å²) >= 11 is 0. The minimum Gasteiger partial charge on any atom is -0.878 e. The van der Waals surface area contributed by atoms with Gasteiger partial charge in [-0.25, -0.2) is 9.37 Å². The third-order valence-electron chi connectivity index (χ3n) is 1.20. The minimum atomic E-state index is -0.523. The average molecular weight is 189 g/mol. The zero-order chi connectivity index (χ0) is 8.97.